The van der Waals surface area contributed by atoms with Gasteiger partial charge in [0.25, 0.3) is 5.56 Å². The van der Waals surface area contributed by atoms with Crippen LogP contribution in [0.4, 0.5) is 0 Å². The van der Waals surface area contributed by atoms with Crippen LogP contribution in [0, 0.1) is 13.8 Å². The molecule has 0 saturated heterocycles. The Bertz CT molecular complexity index is 922. The van der Waals surface area contributed by atoms with Crippen LogP contribution in [0.2, 0.25) is 0 Å². The molecule has 5 heteroatoms. The zero-order valence-electron chi connectivity index (χ0n) is 11.2. The lowest BCUT2D eigenvalue weighted by Crippen LogP contribution is -2.30. The predicted molar refractivity (Wildman–Crippen MR) is 77.4 cm³/mol. The van der Waals surface area contributed by atoms with Crippen molar-refractivity contribution in [2.24, 2.45) is 0 Å². The Morgan fingerprint density at radius 1 is 1.15 bits per heavy atom. The zero-order valence-corrected chi connectivity index (χ0v) is 11.2. The molecule has 2 heterocycles. The number of rotatable bonds is 1. The molecule has 0 fully saturated rings. The van der Waals surface area contributed by atoms with E-state index in [-0.39, 0.29) is 0 Å². The molecule has 0 aliphatic heterocycles. The van der Waals surface area contributed by atoms with Crippen LogP contribution in [-0.2, 0) is 0 Å². The largest absolute Gasteiger partial charge is 0.334 e. The molecular formula is C15H13N3O2. The van der Waals surface area contributed by atoms with Crippen molar-refractivity contribution in [1.29, 1.82) is 0 Å². The highest BCUT2D eigenvalue weighted by Gasteiger charge is 2.11. The molecule has 0 radical (unpaired) electrons. The Labute approximate surface area is 114 Å². The molecule has 0 unspecified atom stereocenters. The summed E-state index contributed by atoms with van der Waals surface area (Å²) in [5, 5.41) is 0.395. The van der Waals surface area contributed by atoms with Crippen LogP contribution in [-0.4, -0.2) is 14.5 Å². The second-order valence-electron chi connectivity index (χ2n) is 4.76. The fourth-order valence-electron chi connectivity index (χ4n) is 2.35. The molecule has 0 atom stereocenters. The SMILES string of the molecule is Cc1ccc(-n2c(=O)[nH]c(=O)c3cccnc32)c(C)c1. The molecule has 20 heavy (non-hydrogen) atoms. The number of aryl methyl sites for hydroxylation is 2. The summed E-state index contributed by atoms with van der Waals surface area (Å²) in [4.78, 5) is 30.5. The van der Waals surface area contributed by atoms with E-state index in [0.717, 1.165) is 16.8 Å². The molecular weight excluding hydrogens is 254 g/mol. The number of aromatic nitrogens is 3. The minimum atomic E-state index is -0.479. The number of fused-ring (bicyclic) bond motifs is 1. The third-order valence-electron chi connectivity index (χ3n) is 3.26. The Kier molecular flexibility index (Phi) is 2.75. The minimum absolute atomic E-state index is 0.369. The van der Waals surface area contributed by atoms with Crippen LogP contribution in [0.5, 0.6) is 0 Å². The lowest BCUT2D eigenvalue weighted by Gasteiger charge is -2.11. The van der Waals surface area contributed by atoms with E-state index in [1.165, 1.54) is 4.57 Å². The van der Waals surface area contributed by atoms with Crippen LogP contribution in [0.1, 0.15) is 11.1 Å². The highest BCUT2D eigenvalue weighted by molar-refractivity contribution is 5.75. The molecule has 0 aliphatic carbocycles. The van der Waals surface area contributed by atoms with Crippen molar-refractivity contribution in [2.45, 2.75) is 13.8 Å². The van der Waals surface area contributed by atoms with Crippen molar-refractivity contribution < 1.29 is 0 Å². The van der Waals surface area contributed by atoms with E-state index in [9.17, 15) is 9.59 Å². The van der Waals surface area contributed by atoms with Crippen LogP contribution >= 0.6 is 0 Å². The van der Waals surface area contributed by atoms with Crippen LogP contribution < -0.4 is 11.2 Å². The number of aromatic amines is 1. The smallest absolute Gasteiger partial charge is 0.273 e. The molecule has 0 bridgehead atoms. The molecule has 0 spiro atoms. The van der Waals surface area contributed by atoms with E-state index in [1.54, 1.807) is 18.3 Å². The maximum Gasteiger partial charge on any atom is 0.334 e. The van der Waals surface area contributed by atoms with Gasteiger partial charge in [0.1, 0.15) is 0 Å². The topological polar surface area (TPSA) is 67.8 Å². The molecule has 0 saturated carbocycles. The normalized spacial score (nSPS) is 10.9. The van der Waals surface area contributed by atoms with E-state index in [1.807, 2.05) is 32.0 Å². The van der Waals surface area contributed by atoms with Gasteiger partial charge in [-0.1, -0.05) is 17.7 Å². The first-order valence-electron chi connectivity index (χ1n) is 6.25. The molecule has 3 rings (SSSR count). The summed E-state index contributed by atoms with van der Waals surface area (Å²) in [6, 6.07) is 9.10. The van der Waals surface area contributed by atoms with Crippen molar-refractivity contribution >= 4 is 11.0 Å². The van der Waals surface area contributed by atoms with Crippen molar-refractivity contribution in [2.75, 3.05) is 0 Å². The molecule has 0 aliphatic rings. The molecule has 2 aromatic heterocycles. The van der Waals surface area contributed by atoms with E-state index in [0.29, 0.717) is 11.0 Å². The zero-order chi connectivity index (χ0) is 14.3. The average Bonchev–Trinajstić information content (AvgIpc) is 2.41. The van der Waals surface area contributed by atoms with Crippen LogP contribution in [0.15, 0.2) is 46.1 Å². The summed E-state index contributed by atoms with van der Waals surface area (Å²) in [6.07, 6.45) is 1.57. The summed E-state index contributed by atoms with van der Waals surface area (Å²) in [6.45, 7) is 3.91. The van der Waals surface area contributed by atoms with Crippen molar-refractivity contribution in [3.05, 3.63) is 68.5 Å². The lowest BCUT2D eigenvalue weighted by atomic mass is 10.1. The van der Waals surface area contributed by atoms with Gasteiger partial charge in [-0.3, -0.25) is 9.78 Å². The summed E-state index contributed by atoms with van der Waals surface area (Å²) in [5.74, 6) is 0. The first kappa shape index (κ1) is 12.3. The monoisotopic (exact) mass is 267 g/mol. The Morgan fingerprint density at radius 3 is 2.70 bits per heavy atom. The summed E-state index contributed by atoms with van der Waals surface area (Å²) in [7, 11) is 0. The molecule has 100 valence electrons. The second kappa shape index (κ2) is 4.45. The van der Waals surface area contributed by atoms with Crippen molar-refractivity contribution in [1.82, 2.24) is 14.5 Å². The maximum absolute atomic E-state index is 12.2. The highest BCUT2D eigenvalue weighted by atomic mass is 16.2. The number of pyridine rings is 1. The Morgan fingerprint density at radius 2 is 1.95 bits per heavy atom. The van der Waals surface area contributed by atoms with Gasteiger partial charge in [-0.25, -0.2) is 14.3 Å². The van der Waals surface area contributed by atoms with Crippen LogP contribution in [0.3, 0.4) is 0 Å². The van der Waals surface area contributed by atoms with E-state index in [2.05, 4.69) is 9.97 Å². The van der Waals surface area contributed by atoms with Gasteiger partial charge in [0.2, 0.25) is 0 Å². The van der Waals surface area contributed by atoms with Gasteiger partial charge in [-0.15, -0.1) is 0 Å². The highest BCUT2D eigenvalue weighted by Crippen LogP contribution is 2.16. The van der Waals surface area contributed by atoms with Gasteiger partial charge >= 0.3 is 5.69 Å². The molecule has 0 amide bonds. The van der Waals surface area contributed by atoms with Crippen molar-refractivity contribution in [3.63, 3.8) is 0 Å². The molecule has 5 nitrogen and oxygen atoms in total. The number of nitrogens with one attached hydrogen (secondary N) is 1. The summed E-state index contributed by atoms with van der Waals surface area (Å²) in [5.41, 5.74) is 2.26. The second-order valence-corrected chi connectivity index (χ2v) is 4.76. The first-order valence-corrected chi connectivity index (χ1v) is 6.25. The minimum Gasteiger partial charge on any atom is -0.273 e. The Balaban J connectivity index is 2.48. The number of hydrogen-bond acceptors (Lipinski definition) is 3. The van der Waals surface area contributed by atoms with E-state index < -0.39 is 11.2 Å². The van der Waals surface area contributed by atoms with Crippen molar-refractivity contribution in [3.8, 4) is 5.69 Å². The fourth-order valence-corrected chi connectivity index (χ4v) is 2.35. The third-order valence-corrected chi connectivity index (χ3v) is 3.26. The van der Waals surface area contributed by atoms with Gasteiger partial charge < -0.3 is 0 Å². The van der Waals surface area contributed by atoms with E-state index >= 15 is 0 Å². The fraction of sp³-hybridized carbons (Fsp3) is 0.133. The van der Waals surface area contributed by atoms with Gasteiger partial charge in [0.05, 0.1) is 11.1 Å². The predicted octanol–water partition coefficient (Wildman–Crippen LogP) is 1.69. The standard InChI is InChI=1S/C15H13N3O2/c1-9-5-6-12(10(2)8-9)18-13-11(4-3-7-16-13)14(19)17-15(18)20/h3-8H,1-2H3,(H,17,19,20). The van der Waals surface area contributed by atoms with Gasteiger partial charge in [0.15, 0.2) is 5.65 Å². The number of nitrogens with zero attached hydrogens (tertiary/aromatic N) is 2. The van der Waals surface area contributed by atoms with Gasteiger partial charge in [0, 0.05) is 6.20 Å². The summed E-state index contributed by atoms with van der Waals surface area (Å²) < 4.78 is 1.44. The Hall–Kier alpha value is -2.69. The van der Waals surface area contributed by atoms with E-state index in [4.69, 9.17) is 0 Å². The van der Waals surface area contributed by atoms with Gasteiger partial charge in [-0.05, 0) is 37.6 Å². The maximum atomic E-state index is 12.2. The third kappa shape index (κ3) is 1.84. The number of H-pyrrole nitrogens is 1. The lowest BCUT2D eigenvalue weighted by molar-refractivity contribution is 0.917. The number of benzene rings is 1. The number of hydrogen-bond donors (Lipinski definition) is 1. The molecule has 3 aromatic rings. The molecule has 1 N–H and O–H groups in total. The summed E-state index contributed by atoms with van der Waals surface area (Å²) >= 11 is 0. The quantitative estimate of drug-likeness (QED) is 0.729. The first-order chi connectivity index (χ1) is 9.58. The molecule has 1 aromatic carbocycles. The van der Waals surface area contributed by atoms with Crippen LogP contribution in [0.25, 0.3) is 16.7 Å². The van der Waals surface area contributed by atoms with Gasteiger partial charge in [-0.2, -0.15) is 0 Å². The average molecular weight is 267 g/mol.